The first-order valence-corrected chi connectivity index (χ1v) is 7.80. The van der Waals surface area contributed by atoms with Crippen molar-refractivity contribution >= 4 is 11.8 Å². The summed E-state index contributed by atoms with van der Waals surface area (Å²) in [5, 5.41) is 9.48. The number of hydrogen-bond acceptors (Lipinski definition) is 3. The van der Waals surface area contributed by atoms with Gasteiger partial charge in [-0.15, -0.1) is 11.8 Å². The van der Waals surface area contributed by atoms with E-state index in [0.717, 1.165) is 5.69 Å². The predicted molar refractivity (Wildman–Crippen MR) is 86.2 cm³/mol. The van der Waals surface area contributed by atoms with E-state index in [1.165, 1.54) is 16.2 Å². The fraction of sp³-hybridized carbons (Fsp3) is 0.438. The molecule has 0 aliphatic carbocycles. The van der Waals surface area contributed by atoms with Crippen LogP contribution in [0.3, 0.4) is 0 Å². The molecule has 0 aliphatic rings. The first-order valence-electron chi connectivity index (χ1n) is 6.92. The largest absolute Gasteiger partial charge is 0.312 e. The van der Waals surface area contributed by atoms with Crippen LogP contribution in [0.2, 0.25) is 0 Å². The van der Waals surface area contributed by atoms with Crippen LogP contribution in [0.5, 0.6) is 0 Å². The van der Waals surface area contributed by atoms with Crippen molar-refractivity contribution in [3.8, 4) is 0 Å². The summed E-state index contributed by atoms with van der Waals surface area (Å²) in [5.41, 5.74) is 3.70. The number of thioether (sulfide) groups is 1. The maximum Gasteiger partial charge on any atom is 0.0942 e. The molecule has 0 radical (unpaired) electrons. The van der Waals surface area contributed by atoms with Gasteiger partial charge in [-0.3, -0.25) is 4.68 Å². The minimum absolute atomic E-state index is 0.329. The standard InChI is InChI=1S/C16H23N3S/c1-11-6-8-14(9-7-11)16(17-4)13(3)20-15-10-12(2)18-19(15)5/h6-10,13,16-17H,1-5H3. The quantitative estimate of drug-likeness (QED) is 0.855. The van der Waals surface area contributed by atoms with E-state index in [0.29, 0.717) is 11.3 Å². The summed E-state index contributed by atoms with van der Waals surface area (Å²) in [4.78, 5) is 0. The van der Waals surface area contributed by atoms with Gasteiger partial charge in [-0.25, -0.2) is 0 Å². The van der Waals surface area contributed by atoms with Crippen LogP contribution in [0.15, 0.2) is 35.4 Å². The molecule has 2 atom stereocenters. The first-order chi connectivity index (χ1) is 9.51. The van der Waals surface area contributed by atoms with Gasteiger partial charge in [0, 0.05) is 18.3 Å². The Morgan fingerprint density at radius 3 is 2.35 bits per heavy atom. The van der Waals surface area contributed by atoms with E-state index in [1.807, 2.05) is 37.5 Å². The van der Waals surface area contributed by atoms with Crippen molar-refractivity contribution < 1.29 is 0 Å². The second-order valence-electron chi connectivity index (χ2n) is 5.25. The third kappa shape index (κ3) is 3.44. The van der Waals surface area contributed by atoms with E-state index in [2.05, 4.69) is 54.6 Å². The van der Waals surface area contributed by atoms with Crippen LogP contribution in [0.1, 0.15) is 29.8 Å². The van der Waals surface area contributed by atoms with Crippen molar-refractivity contribution in [2.45, 2.75) is 37.1 Å². The third-order valence-corrected chi connectivity index (χ3v) is 4.75. The maximum absolute atomic E-state index is 4.41. The molecular weight excluding hydrogens is 266 g/mol. The highest BCUT2D eigenvalue weighted by atomic mass is 32.2. The molecule has 4 heteroatoms. The molecule has 3 nitrogen and oxygen atoms in total. The Kier molecular flexibility index (Phi) is 4.89. The van der Waals surface area contributed by atoms with E-state index in [4.69, 9.17) is 0 Å². The molecule has 0 saturated heterocycles. The molecule has 0 spiro atoms. The molecule has 0 amide bonds. The Morgan fingerprint density at radius 1 is 1.20 bits per heavy atom. The minimum atomic E-state index is 0.329. The lowest BCUT2D eigenvalue weighted by atomic mass is 10.0. The average Bonchev–Trinajstić information content (AvgIpc) is 2.71. The number of aryl methyl sites for hydroxylation is 3. The lowest BCUT2D eigenvalue weighted by Gasteiger charge is -2.23. The Balaban J connectivity index is 2.15. The monoisotopic (exact) mass is 289 g/mol. The number of rotatable bonds is 5. The number of benzene rings is 1. The highest BCUT2D eigenvalue weighted by Gasteiger charge is 2.20. The Hall–Kier alpha value is -1.26. The van der Waals surface area contributed by atoms with Crippen molar-refractivity contribution in [1.29, 1.82) is 0 Å². The van der Waals surface area contributed by atoms with Gasteiger partial charge in [0.2, 0.25) is 0 Å². The summed E-state index contributed by atoms with van der Waals surface area (Å²) < 4.78 is 1.96. The van der Waals surface area contributed by atoms with Crippen LogP contribution in [-0.2, 0) is 7.05 Å². The van der Waals surface area contributed by atoms with E-state index >= 15 is 0 Å². The van der Waals surface area contributed by atoms with Gasteiger partial charge in [0.25, 0.3) is 0 Å². The molecule has 0 bridgehead atoms. The van der Waals surface area contributed by atoms with Crippen LogP contribution in [0.25, 0.3) is 0 Å². The zero-order valence-electron chi connectivity index (χ0n) is 12.8. The fourth-order valence-corrected chi connectivity index (χ4v) is 3.64. The van der Waals surface area contributed by atoms with Crippen LogP contribution in [0.4, 0.5) is 0 Å². The van der Waals surface area contributed by atoms with Crippen molar-refractivity contribution in [2.24, 2.45) is 7.05 Å². The smallest absolute Gasteiger partial charge is 0.0942 e. The van der Waals surface area contributed by atoms with Crippen molar-refractivity contribution in [1.82, 2.24) is 15.1 Å². The summed E-state index contributed by atoms with van der Waals surface area (Å²) in [7, 11) is 4.03. The number of nitrogens with one attached hydrogen (secondary N) is 1. The van der Waals surface area contributed by atoms with Gasteiger partial charge in [0.1, 0.15) is 0 Å². The zero-order valence-corrected chi connectivity index (χ0v) is 13.7. The summed E-state index contributed by atoms with van der Waals surface area (Å²) in [6, 6.07) is 11.2. The molecule has 0 saturated carbocycles. The molecule has 2 rings (SSSR count). The van der Waals surface area contributed by atoms with Gasteiger partial charge >= 0.3 is 0 Å². The van der Waals surface area contributed by atoms with Gasteiger partial charge in [-0.05, 0) is 32.5 Å². The van der Waals surface area contributed by atoms with Crippen molar-refractivity contribution in [2.75, 3.05) is 7.05 Å². The van der Waals surface area contributed by atoms with Crippen molar-refractivity contribution in [3.63, 3.8) is 0 Å². The second kappa shape index (κ2) is 6.46. The van der Waals surface area contributed by atoms with Gasteiger partial charge < -0.3 is 5.32 Å². The second-order valence-corrected chi connectivity index (χ2v) is 6.65. The van der Waals surface area contributed by atoms with Crippen LogP contribution in [0, 0.1) is 13.8 Å². The van der Waals surface area contributed by atoms with Crippen LogP contribution < -0.4 is 5.32 Å². The van der Waals surface area contributed by atoms with E-state index in [-0.39, 0.29) is 0 Å². The normalized spacial score (nSPS) is 14.2. The lowest BCUT2D eigenvalue weighted by Crippen LogP contribution is -2.25. The van der Waals surface area contributed by atoms with Gasteiger partial charge in [0.15, 0.2) is 0 Å². The summed E-state index contributed by atoms with van der Waals surface area (Å²) in [6.07, 6.45) is 0. The van der Waals surface area contributed by atoms with E-state index < -0.39 is 0 Å². The lowest BCUT2D eigenvalue weighted by molar-refractivity contribution is 0.586. The SMILES string of the molecule is CNC(c1ccc(C)cc1)C(C)Sc1cc(C)nn1C. The van der Waals surface area contributed by atoms with Gasteiger partial charge in [-0.2, -0.15) is 5.10 Å². The molecule has 0 aliphatic heterocycles. The summed E-state index contributed by atoms with van der Waals surface area (Å²) in [5.74, 6) is 0. The fourth-order valence-electron chi connectivity index (χ4n) is 2.40. The van der Waals surface area contributed by atoms with Gasteiger partial charge in [-0.1, -0.05) is 36.8 Å². The minimum Gasteiger partial charge on any atom is -0.312 e. The van der Waals surface area contributed by atoms with E-state index in [9.17, 15) is 0 Å². The zero-order chi connectivity index (χ0) is 14.7. The molecule has 0 fully saturated rings. The third-order valence-electron chi connectivity index (χ3n) is 3.48. The molecule has 2 aromatic rings. The molecule has 1 aromatic carbocycles. The average molecular weight is 289 g/mol. The molecule has 20 heavy (non-hydrogen) atoms. The maximum atomic E-state index is 4.41. The highest BCUT2D eigenvalue weighted by molar-refractivity contribution is 7.99. The van der Waals surface area contributed by atoms with Crippen LogP contribution >= 0.6 is 11.8 Å². The highest BCUT2D eigenvalue weighted by Crippen LogP contribution is 2.32. The number of hydrogen-bond donors (Lipinski definition) is 1. The molecule has 1 heterocycles. The molecule has 2 unspecified atom stereocenters. The molecular formula is C16H23N3S. The van der Waals surface area contributed by atoms with Gasteiger partial charge in [0.05, 0.1) is 10.7 Å². The predicted octanol–water partition coefficient (Wildman–Crippen LogP) is 3.48. The number of nitrogens with zero attached hydrogens (tertiary/aromatic N) is 2. The Morgan fingerprint density at radius 2 is 1.85 bits per heavy atom. The summed E-state index contributed by atoms with van der Waals surface area (Å²) in [6.45, 7) is 6.41. The Bertz CT molecular complexity index is 560. The molecule has 1 aromatic heterocycles. The topological polar surface area (TPSA) is 29.9 Å². The molecule has 108 valence electrons. The van der Waals surface area contributed by atoms with Crippen LogP contribution in [-0.4, -0.2) is 22.1 Å². The van der Waals surface area contributed by atoms with E-state index in [1.54, 1.807) is 0 Å². The molecule has 1 N–H and O–H groups in total. The Labute approximate surface area is 125 Å². The first kappa shape index (κ1) is 15.1. The number of aromatic nitrogens is 2. The van der Waals surface area contributed by atoms with Crippen molar-refractivity contribution in [3.05, 3.63) is 47.2 Å². The summed E-state index contributed by atoms with van der Waals surface area (Å²) >= 11 is 1.86.